The highest BCUT2D eigenvalue weighted by molar-refractivity contribution is 5.95. The molecule has 0 saturated heterocycles. The van der Waals surface area contributed by atoms with Gasteiger partial charge in [0, 0.05) is 17.8 Å². The second-order valence-corrected chi connectivity index (χ2v) is 4.43. The molecule has 4 heteroatoms. The number of ketones is 1. The number of carboxylic acid groups (broad SMARTS) is 1. The normalized spacial score (nSPS) is 11.4. The van der Waals surface area contributed by atoms with Crippen molar-refractivity contribution in [3.05, 3.63) is 29.8 Å². The largest absolute Gasteiger partial charge is 0.481 e. The molecule has 4 nitrogen and oxygen atoms in total. The standard InChI is InChI=1S/C15H17NO3/c1-4-8-16(10-11(2)15(18)19)14-7-5-6-13(9-14)12(3)17/h1,5-7,9,11H,8,10H2,2-3H3,(H,18,19). The number of carbonyl (C=O) groups is 2. The number of nitrogens with zero attached hydrogens (tertiary/aromatic N) is 1. The first kappa shape index (κ1) is 14.8. The Morgan fingerprint density at radius 1 is 1.47 bits per heavy atom. The number of carbonyl (C=O) groups excluding carboxylic acids is 1. The van der Waals surface area contributed by atoms with Gasteiger partial charge in [-0.05, 0) is 19.1 Å². The lowest BCUT2D eigenvalue weighted by Crippen LogP contribution is -2.32. The molecular weight excluding hydrogens is 242 g/mol. The maximum absolute atomic E-state index is 11.4. The minimum absolute atomic E-state index is 0.0335. The van der Waals surface area contributed by atoms with Crippen molar-refractivity contribution in [2.45, 2.75) is 13.8 Å². The van der Waals surface area contributed by atoms with Crippen LogP contribution in [0.3, 0.4) is 0 Å². The summed E-state index contributed by atoms with van der Waals surface area (Å²) in [5.74, 6) is 1.07. The van der Waals surface area contributed by atoms with E-state index in [1.165, 1.54) is 6.92 Å². The Morgan fingerprint density at radius 3 is 2.68 bits per heavy atom. The number of terminal acetylenes is 1. The molecule has 1 rings (SSSR count). The summed E-state index contributed by atoms with van der Waals surface area (Å²) < 4.78 is 0. The van der Waals surface area contributed by atoms with Gasteiger partial charge in [0.25, 0.3) is 0 Å². The molecule has 0 aliphatic rings. The molecule has 100 valence electrons. The highest BCUT2D eigenvalue weighted by Crippen LogP contribution is 2.18. The van der Waals surface area contributed by atoms with Crippen molar-refractivity contribution in [2.24, 2.45) is 5.92 Å². The predicted octanol–water partition coefficient (Wildman–Crippen LogP) is 2.05. The van der Waals surface area contributed by atoms with Gasteiger partial charge in [0.2, 0.25) is 0 Å². The Bertz CT molecular complexity index is 516. The average Bonchev–Trinajstić information content (AvgIpc) is 2.38. The van der Waals surface area contributed by atoms with Crippen LogP contribution < -0.4 is 4.90 Å². The number of hydrogen-bond donors (Lipinski definition) is 1. The molecule has 0 heterocycles. The molecule has 0 fully saturated rings. The molecule has 19 heavy (non-hydrogen) atoms. The van der Waals surface area contributed by atoms with E-state index in [0.717, 1.165) is 5.69 Å². The Kier molecular flexibility index (Phi) is 5.13. The van der Waals surface area contributed by atoms with Crippen LogP contribution in [0.5, 0.6) is 0 Å². The maximum Gasteiger partial charge on any atom is 0.308 e. The first-order valence-electron chi connectivity index (χ1n) is 5.98. The quantitative estimate of drug-likeness (QED) is 0.627. The summed E-state index contributed by atoms with van der Waals surface area (Å²) in [6, 6.07) is 7.04. The third-order valence-corrected chi connectivity index (χ3v) is 2.82. The fraction of sp³-hybridized carbons (Fsp3) is 0.333. The van der Waals surface area contributed by atoms with Gasteiger partial charge in [-0.25, -0.2) is 0 Å². The smallest absolute Gasteiger partial charge is 0.308 e. The van der Waals surface area contributed by atoms with Crippen molar-refractivity contribution in [2.75, 3.05) is 18.0 Å². The lowest BCUT2D eigenvalue weighted by Gasteiger charge is -2.24. The van der Waals surface area contributed by atoms with Crippen LogP contribution in [-0.4, -0.2) is 29.9 Å². The number of anilines is 1. The number of aliphatic carboxylic acids is 1. The molecule has 0 radical (unpaired) electrons. The third-order valence-electron chi connectivity index (χ3n) is 2.82. The van der Waals surface area contributed by atoms with Crippen LogP contribution in [0, 0.1) is 18.3 Å². The van der Waals surface area contributed by atoms with Gasteiger partial charge >= 0.3 is 5.97 Å². The van der Waals surface area contributed by atoms with Crippen LogP contribution >= 0.6 is 0 Å². The monoisotopic (exact) mass is 259 g/mol. The summed E-state index contributed by atoms with van der Waals surface area (Å²) in [6.45, 7) is 3.73. The zero-order chi connectivity index (χ0) is 14.4. The molecular formula is C15H17NO3. The zero-order valence-corrected chi connectivity index (χ0v) is 11.1. The van der Waals surface area contributed by atoms with Crippen LogP contribution in [0.25, 0.3) is 0 Å². The Hall–Kier alpha value is -2.28. The van der Waals surface area contributed by atoms with E-state index in [-0.39, 0.29) is 5.78 Å². The highest BCUT2D eigenvalue weighted by Gasteiger charge is 2.16. The molecule has 1 atom stereocenters. The van der Waals surface area contributed by atoms with Crippen molar-refractivity contribution in [1.29, 1.82) is 0 Å². The van der Waals surface area contributed by atoms with E-state index in [2.05, 4.69) is 5.92 Å². The first-order valence-corrected chi connectivity index (χ1v) is 5.98. The number of Topliss-reactive ketones (excluding diaryl/α,β-unsaturated/α-hetero) is 1. The van der Waals surface area contributed by atoms with Gasteiger partial charge in [0.05, 0.1) is 12.5 Å². The lowest BCUT2D eigenvalue weighted by molar-refractivity contribution is -0.140. The van der Waals surface area contributed by atoms with Crippen LogP contribution in [0.15, 0.2) is 24.3 Å². The van der Waals surface area contributed by atoms with E-state index in [0.29, 0.717) is 18.7 Å². The van der Waals surface area contributed by atoms with E-state index in [9.17, 15) is 9.59 Å². The van der Waals surface area contributed by atoms with E-state index in [1.54, 1.807) is 30.0 Å². The van der Waals surface area contributed by atoms with Gasteiger partial charge < -0.3 is 10.0 Å². The topological polar surface area (TPSA) is 57.6 Å². The molecule has 1 aromatic carbocycles. The maximum atomic E-state index is 11.4. The number of rotatable bonds is 6. The Balaban J connectivity index is 2.99. The molecule has 0 aromatic heterocycles. The van der Waals surface area contributed by atoms with Crippen LogP contribution in [-0.2, 0) is 4.79 Å². The van der Waals surface area contributed by atoms with E-state index in [1.807, 2.05) is 6.07 Å². The van der Waals surface area contributed by atoms with Crippen molar-refractivity contribution >= 4 is 17.4 Å². The van der Waals surface area contributed by atoms with Crippen molar-refractivity contribution in [1.82, 2.24) is 0 Å². The molecule has 0 saturated carbocycles. The second-order valence-electron chi connectivity index (χ2n) is 4.43. The molecule has 0 aliphatic carbocycles. The Morgan fingerprint density at radius 2 is 2.16 bits per heavy atom. The summed E-state index contributed by atoms with van der Waals surface area (Å²) in [6.07, 6.45) is 5.31. The molecule has 0 spiro atoms. The predicted molar refractivity (Wildman–Crippen MR) is 74.3 cm³/mol. The first-order chi connectivity index (χ1) is 8.95. The third kappa shape index (κ3) is 4.14. The lowest BCUT2D eigenvalue weighted by atomic mass is 10.1. The second kappa shape index (κ2) is 6.60. The molecule has 0 amide bonds. The number of carboxylic acids is 1. The van der Waals surface area contributed by atoms with Gasteiger partial charge in [0.1, 0.15) is 0 Å². The van der Waals surface area contributed by atoms with Crippen molar-refractivity contribution in [3.63, 3.8) is 0 Å². The van der Waals surface area contributed by atoms with Gasteiger partial charge in [-0.1, -0.05) is 25.0 Å². The van der Waals surface area contributed by atoms with Crippen LogP contribution in [0.1, 0.15) is 24.2 Å². The minimum Gasteiger partial charge on any atom is -0.481 e. The summed E-state index contributed by atoms with van der Waals surface area (Å²) in [4.78, 5) is 24.1. The summed E-state index contributed by atoms with van der Waals surface area (Å²) in [7, 11) is 0. The minimum atomic E-state index is -0.871. The summed E-state index contributed by atoms with van der Waals surface area (Å²) in [5.41, 5.74) is 1.35. The zero-order valence-electron chi connectivity index (χ0n) is 11.1. The fourth-order valence-corrected chi connectivity index (χ4v) is 1.70. The molecule has 0 bridgehead atoms. The summed E-state index contributed by atoms with van der Waals surface area (Å²) >= 11 is 0. The SMILES string of the molecule is C#CCN(CC(C)C(=O)O)c1cccc(C(C)=O)c1. The molecule has 1 N–H and O–H groups in total. The van der Waals surface area contributed by atoms with E-state index < -0.39 is 11.9 Å². The molecule has 1 aromatic rings. The van der Waals surface area contributed by atoms with Crippen LogP contribution in [0.4, 0.5) is 5.69 Å². The van der Waals surface area contributed by atoms with Gasteiger partial charge in [-0.2, -0.15) is 0 Å². The number of benzene rings is 1. The number of hydrogen-bond acceptors (Lipinski definition) is 3. The fourth-order valence-electron chi connectivity index (χ4n) is 1.70. The van der Waals surface area contributed by atoms with Gasteiger partial charge in [-0.15, -0.1) is 6.42 Å². The van der Waals surface area contributed by atoms with Gasteiger partial charge in [0.15, 0.2) is 5.78 Å². The van der Waals surface area contributed by atoms with Crippen molar-refractivity contribution < 1.29 is 14.7 Å². The van der Waals surface area contributed by atoms with Crippen molar-refractivity contribution in [3.8, 4) is 12.3 Å². The Labute approximate surface area is 113 Å². The van der Waals surface area contributed by atoms with E-state index >= 15 is 0 Å². The van der Waals surface area contributed by atoms with Crippen LogP contribution in [0.2, 0.25) is 0 Å². The average molecular weight is 259 g/mol. The van der Waals surface area contributed by atoms with Gasteiger partial charge in [-0.3, -0.25) is 9.59 Å². The van der Waals surface area contributed by atoms with E-state index in [4.69, 9.17) is 11.5 Å². The highest BCUT2D eigenvalue weighted by atomic mass is 16.4. The molecule has 1 unspecified atom stereocenters. The molecule has 0 aliphatic heterocycles. The summed E-state index contributed by atoms with van der Waals surface area (Å²) in [5, 5.41) is 8.96.